The lowest BCUT2D eigenvalue weighted by Crippen LogP contribution is -2.24. The van der Waals surface area contributed by atoms with Gasteiger partial charge in [-0.1, -0.05) is 24.8 Å². The summed E-state index contributed by atoms with van der Waals surface area (Å²) in [6, 6.07) is 9.27. The first kappa shape index (κ1) is 16.8. The predicted molar refractivity (Wildman–Crippen MR) is 78.9 cm³/mol. The molecule has 0 bridgehead atoms. The highest BCUT2D eigenvalue weighted by Gasteiger charge is 2.19. The van der Waals surface area contributed by atoms with Crippen molar-refractivity contribution >= 4 is 17.1 Å². The fourth-order valence-corrected chi connectivity index (χ4v) is 2.52. The van der Waals surface area contributed by atoms with Crippen molar-refractivity contribution in [2.75, 3.05) is 19.8 Å². The maximum Gasteiger partial charge on any atom is 0.333 e. The summed E-state index contributed by atoms with van der Waals surface area (Å²) in [5.41, 5.74) is 0.364. The Bertz CT molecular complexity index is 433. The van der Waals surface area contributed by atoms with E-state index >= 15 is 0 Å². The molecule has 20 heavy (non-hydrogen) atoms. The van der Waals surface area contributed by atoms with E-state index in [1.165, 1.54) is 0 Å². The highest BCUT2D eigenvalue weighted by molar-refractivity contribution is 7.92. The van der Waals surface area contributed by atoms with E-state index in [1.807, 2.05) is 37.3 Å². The summed E-state index contributed by atoms with van der Waals surface area (Å²) >= 11 is -1.10. The Labute approximate surface area is 123 Å². The molecule has 1 aromatic rings. The Hall–Kier alpha value is -1.30. The van der Waals surface area contributed by atoms with Crippen molar-refractivity contribution in [2.24, 2.45) is 0 Å². The molecule has 0 N–H and O–H groups in total. The molecular weight excluding hydrogens is 276 g/mol. The van der Waals surface area contributed by atoms with Crippen molar-refractivity contribution < 1.29 is 18.8 Å². The number of hydrogen-bond donors (Lipinski definition) is 0. The zero-order chi connectivity index (χ0) is 15.0. The molecule has 0 radical (unpaired) electrons. The average molecular weight is 296 g/mol. The second-order valence-corrected chi connectivity index (χ2v) is 6.28. The van der Waals surface area contributed by atoms with E-state index in [0.29, 0.717) is 12.2 Å². The fourth-order valence-electron chi connectivity index (χ4n) is 1.41. The number of carbonyl (C=O) groups excluding carboxylic acids is 1. The molecule has 0 saturated heterocycles. The molecule has 0 saturated carbocycles. The maximum atomic E-state index is 12.1. The van der Waals surface area contributed by atoms with Crippen LogP contribution in [0.25, 0.3) is 0 Å². The molecule has 0 fully saturated rings. The highest BCUT2D eigenvalue weighted by Crippen LogP contribution is 2.15. The van der Waals surface area contributed by atoms with Crippen molar-refractivity contribution in [3.05, 3.63) is 42.5 Å². The van der Waals surface area contributed by atoms with Crippen LogP contribution in [0.15, 0.2) is 47.4 Å². The van der Waals surface area contributed by atoms with Gasteiger partial charge in [0.15, 0.2) is 4.90 Å². The molecule has 0 aliphatic heterocycles. The molecule has 2 atom stereocenters. The van der Waals surface area contributed by atoms with Gasteiger partial charge in [-0.2, -0.15) is 0 Å². The molecule has 2 unspecified atom stereocenters. The number of hydrogen-bond acceptors (Lipinski definition) is 4. The Morgan fingerprint density at radius 2 is 2.00 bits per heavy atom. The molecule has 0 amide bonds. The van der Waals surface area contributed by atoms with Crippen LogP contribution in [0, 0.1) is 0 Å². The van der Waals surface area contributed by atoms with Gasteiger partial charge >= 0.3 is 5.97 Å². The second-order valence-electron chi connectivity index (χ2n) is 4.41. The summed E-state index contributed by atoms with van der Waals surface area (Å²) in [5, 5.41) is -0.116. The van der Waals surface area contributed by atoms with Gasteiger partial charge in [0.25, 0.3) is 0 Å². The SMILES string of the molecule is C=C(C)C(=O)OCCOCC(C)[S+]([O-])c1ccccc1. The van der Waals surface area contributed by atoms with Crippen LogP contribution in [0.4, 0.5) is 0 Å². The number of benzene rings is 1. The first-order valence-electron chi connectivity index (χ1n) is 6.38. The van der Waals surface area contributed by atoms with Gasteiger partial charge < -0.3 is 14.0 Å². The molecule has 0 aliphatic rings. The maximum absolute atomic E-state index is 12.1. The van der Waals surface area contributed by atoms with E-state index in [2.05, 4.69) is 6.58 Å². The minimum atomic E-state index is -1.10. The minimum absolute atomic E-state index is 0.116. The van der Waals surface area contributed by atoms with E-state index in [0.717, 1.165) is 4.90 Å². The summed E-state index contributed by atoms with van der Waals surface area (Å²) in [6.07, 6.45) is 0. The minimum Gasteiger partial charge on any atom is -0.611 e. The van der Waals surface area contributed by atoms with E-state index in [1.54, 1.807) is 6.92 Å². The largest absolute Gasteiger partial charge is 0.611 e. The quantitative estimate of drug-likeness (QED) is 0.320. The van der Waals surface area contributed by atoms with Crippen molar-refractivity contribution in [2.45, 2.75) is 24.0 Å². The number of rotatable bonds is 8. The van der Waals surface area contributed by atoms with Gasteiger partial charge in [0.2, 0.25) is 0 Å². The molecule has 0 aromatic heterocycles. The zero-order valence-electron chi connectivity index (χ0n) is 11.8. The monoisotopic (exact) mass is 296 g/mol. The molecule has 5 heteroatoms. The van der Waals surface area contributed by atoms with Crippen molar-refractivity contribution in [1.29, 1.82) is 0 Å². The normalized spacial score (nSPS) is 13.6. The molecule has 0 heterocycles. The topological polar surface area (TPSA) is 58.6 Å². The van der Waals surface area contributed by atoms with Crippen LogP contribution >= 0.6 is 0 Å². The molecule has 0 aliphatic carbocycles. The van der Waals surface area contributed by atoms with Gasteiger partial charge in [-0.05, 0) is 37.2 Å². The van der Waals surface area contributed by atoms with Gasteiger partial charge in [-0.3, -0.25) is 0 Å². The van der Waals surface area contributed by atoms with Crippen molar-refractivity contribution in [3.8, 4) is 0 Å². The van der Waals surface area contributed by atoms with Crippen LogP contribution < -0.4 is 0 Å². The Morgan fingerprint density at radius 3 is 2.60 bits per heavy atom. The summed E-state index contributed by atoms with van der Waals surface area (Å²) in [6.45, 7) is 7.76. The first-order valence-corrected chi connectivity index (χ1v) is 7.59. The highest BCUT2D eigenvalue weighted by atomic mass is 32.2. The third-order valence-electron chi connectivity index (χ3n) is 2.50. The lowest BCUT2D eigenvalue weighted by molar-refractivity contribution is -0.140. The van der Waals surface area contributed by atoms with Crippen LogP contribution in [0.1, 0.15) is 13.8 Å². The van der Waals surface area contributed by atoms with E-state index < -0.39 is 17.1 Å². The third kappa shape index (κ3) is 5.77. The van der Waals surface area contributed by atoms with Crippen molar-refractivity contribution in [1.82, 2.24) is 0 Å². The number of esters is 1. The van der Waals surface area contributed by atoms with E-state index in [9.17, 15) is 9.35 Å². The van der Waals surface area contributed by atoms with Gasteiger partial charge in [0.1, 0.15) is 11.9 Å². The molecular formula is C15H20O4S. The molecule has 110 valence electrons. The van der Waals surface area contributed by atoms with E-state index in [-0.39, 0.29) is 18.5 Å². The van der Waals surface area contributed by atoms with Crippen LogP contribution in [0.3, 0.4) is 0 Å². The van der Waals surface area contributed by atoms with Crippen LogP contribution in [0.5, 0.6) is 0 Å². The van der Waals surface area contributed by atoms with Gasteiger partial charge in [0.05, 0.1) is 13.2 Å². The predicted octanol–water partition coefficient (Wildman–Crippen LogP) is 2.32. The Kier molecular flexibility index (Phi) is 7.36. The Balaban J connectivity index is 2.22. The summed E-state index contributed by atoms with van der Waals surface area (Å²) in [7, 11) is 0. The lowest BCUT2D eigenvalue weighted by atomic mass is 10.4. The number of carbonyl (C=O) groups is 1. The average Bonchev–Trinajstić information content (AvgIpc) is 2.46. The zero-order valence-corrected chi connectivity index (χ0v) is 12.7. The van der Waals surface area contributed by atoms with Gasteiger partial charge in [-0.15, -0.1) is 0 Å². The second kappa shape index (κ2) is 8.79. The third-order valence-corrected chi connectivity index (χ3v) is 4.11. The van der Waals surface area contributed by atoms with Crippen molar-refractivity contribution in [3.63, 3.8) is 0 Å². The summed E-state index contributed by atoms with van der Waals surface area (Å²) < 4.78 is 22.4. The first-order chi connectivity index (χ1) is 9.52. The van der Waals surface area contributed by atoms with Gasteiger partial charge in [-0.25, -0.2) is 4.79 Å². The van der Waals surface area contributed by atoms with Crippen LogP contribution in [-0.4, -0.2) is 35.6 Å². The molecule has 1 rings (SSSR count). The molecule has 1 aromatic carbocycles. The Morgan fingerprint density at radius 1 is 1.35 bits per heavy atom. The number of ether oxygens (including phenoxy) is 2. The molecule has 4 nitrogen and oxygen atoms in total. The van der Waals surface area contributed by atoms with Crippen LogP contribution in [-0.2, 0) is 25.4 Å². The molecule has 0 spiro atoms. The van der Waals surface area contributed by atoms with E-state index in [4.69, 9.17) is 9.47 Å². The summed E-state index contributed by atoms with van der Waals surface area (Å²) in [5.74, 6) is -0.422. The van der Waals surface area contributed by atoms with Crippen LogP contribution in [0.2, 0.25) is 0 Å². The summed E-state index contributed by atoms with van der Waals surface area (Å²) in [4.78, 5) is 11.9. The lowest BCUT2D eigenvalue weighted by Gasteiger charge is -2.17. The van der Waals surface area contributed by atoms with Gasteiger partial charge in [0, 0.05) is 5.57 Å². The smallest absolute Gasteiger partial charge is 0.333 e. The standard InChI is InChI=1S/C15H20O4S/c1-12(2)15(16)19-10-9-18-11-13(3)20(17)14-7-5-4-6-8-14/h4-8,13H,1,9-11H2,2-3H3. The fraction of sp³-hybridized carbons (Fsp3) is 0.400.